The van der Waals surface area contributed by atoms with Gasteiger partial charge in [-0.3, -0.25) is 4.79 Å². The van der Waals surface area contributed by atoms with Crippen molar-refractivity contribution >= 4 is 21.8 Å². The number of hydrogen-bond donors (Lipinski definition) is 0. The molecule has 0 radical (unpaired) electrons. The summed E-state index contributed by atoms with van der Waals surface area (Å²) in [5.41, 5.74) is -0.0454. The van der Waals surface area contributed by atoms with Crippen LogP contribution in [0.1, 0.15) is 16.9 Å². The molecule has 7 heteroatoms. The standard InChI is InChI=1S/C10H8BrF3N2O/c11-8-6(12)1-2-7(15-8)9(17)16-4-3-10(13,14)5-16/h1-2H,3-5H2. The van der Waals surface area contributed by atoms with Gasteiger partial charge >= 0.3 is 0 Å². The van der Waals surface area contributed by atoms with Crippen LogP contribution in [0.5, 0.6) is 0 Å². The van der Waals surface area contributed by atoms with Crippen LogP contribution < -0.4 is 0 Å². The number of halogens is 4. The Bertz CT molecular complexity index is 467. The number of pyridine rings is 1. The van der Waals surface area contributed by atoms with Gasteiger partial charge in [-0.15, -0.1) is 0 Å². The molecule has 1 fully saturated rings. The van der Waals surface area contributed by atoms with Crippen molar-refractivity contribution in [2.24, 2.45) is 0 Å². The minimum Gasteiger partial charge on any atom is -0.331 e. The summed E-state index contributed by atoms with van der Waals surface area (Å²) >= 11 is 2.84. The van der Waals surface area contributed by atoms with Crippen molar-refractivity contribution in [3.8, 4) is 0 Å². The van der Waals surface area contributed by atoms with E-state index in [-0.39, 0.29) is 23.3 Å². The van der Waals surface area contributed by atoms with Gasteiger partial charge in [-0.05, 0) is 28.1 Å². The van der Waals surface area contributed by atoms with Gasteiger partial charge in [-0.2, -0.15) is 0 Å². The highest BCUT2D eigenvalue weighted by Crippen LogP contribution is 2.27. The lowest BCUT2D eigenvalue weighted by Crippen LogP contribution is -2.32. The Kier molecular flexibility index (Phi) is 3.11. The van der Waals surface area contributed by atoms with E-state index in [0.717, 1.165) is 11.0 Å². The summed E-state index contributed by atoms with van der Waals surface area (Å²) in [4.78, 5) is 16.5. The number of nitrogens with zero attached hydrogens (tertiary/aromatic N) is 2. The maximum atomic E-state index is 12.9. The molecule has 2 heterocycles. The molecule has 92 valence electrons. The van der Waals surface area contributed by atoms with Crippen LogP contribution in [-0.4, -0.2) is 34.8 Å². The summed E-state index contributed by atoms with van der Waals surface area (Å²) < 4.78 is 38.7. The Morgan fingerprint density at radius 1 is 1.47 bits per heavy atom. The predicted octanol–water partition coefficient (Wildman–Crippen LogP) is 2.46. The van der Waals surface area contributed by atoms with Gasteiger partial charge in [0.15, 0.2) is 5.82 Å². The second kappa shape index (κ2) is 4.29. The zero-order valence-electron chi connectivity index (χ0n) is 8.59. The van der Waals surface area contributed by atoms with Crippen LogP contribution in [-0.2, 0) is 0 Å². The molecule has 1 aromatic heterocycles. The summed E-state index contributed by atoms with van der Waals surface area (Å²) in [5, 5.41) is 0. The molecule has 1 aliphatic heterocycles. The summed E-state index contributed by atoms with van der Waals surface area (Å²) in [7, 11) is 0. The van der Waals surface area contributed by atoms with Crippen molar-refractivity contribution < 1.29 is 18.0 Å². The van der Waals surface area contributed by atoms with Crippen molar-refractivity contribution in [1.29, 1.82) is 0 Å². The lowest BCUT2D eigenvalue weighted by molar-refractivity contribution is 0.0119. The highest BCUT2D eigenvalue weighted by atomic mass is 79.9. The van der Waals surface area contributed by atoms with E-state index in [2.05, 4.69) is 20.9 Å². The number of alkyl halides is 2. The van der Waals surface area contributed by atoms with Gasteiger partial charge in [0.2, 0.25) is 0 Å². The Labute approximate surface area is 104 Å². The van der Waals surface area contributed by atoms with Crippen LogP contribution in [0, 0.1) is 5.82 Å². The van der Waals surface area contributed by atoms with Crippen molar-refractivity contribution in [3.63, 3.8) is 0 Å². The molecule has 1 aliphatic rings. The van der Waals surface area contributed by atoms with E-state index < -0.39 is 24.2 Å². The number of amides is 1. The van der Waals surface area contributed by atoms with E-state index in [1.807, 2.05) is 0 Å². The Balaban J connectivity index is 2.18. The fourth-order valence-corrected chi connectivity index (χ4v) is 1.93. The minimum absolute atomic E-state index is 0.0114. The van der Waals surface area contributed by atoms with Crippen molar-refractivity contribution in [2.45, 2.75) is 12.3 Å². The monoisotopic (exact) mass is 308 g/mol. The lowest BCUT2D eigenvalue weighted by atomic mass is 10.3. The first kappa shape index (κ1) is 12.3. The van der Waals surface area contributed by atoms with Crippen molar-refractivity contribution in [3.05, 3.63) is 28.2 Å². The fraction of sp³-hybridized carbons (Fsp3) is 0.400. The van der Waals surface area contributed by atoms with Crippen molar-refractivity contribution in [1.82, 2.24) is 9.88 Å². The molecule has 1 aromatic rings. The first-order valence-corrected chi connectivity index (χ1v) is 5.67. The van der Waals surface area contributed by atoms with Crippen LogP contribution in [0.25, 0.3) is 0 Å². The normalized spacial score (nSPS) is 18.5. The molecule has 0 bridgehead atoms. The van der Waals surface area contributed by atoms with Crippen molar-refractivity contribution in [2.75, 3.05) is 13.1 Å². The highest BCUT2D eigenvalue weighted by molar-refractivity contribution is 9.10. The van der Waals surface area contributed by atoms with Crippen LogP contribution >= 0.6 is 15.9 Å². The molecular formula is C10H8BrF3N2O. The molecule has 0 N–H and O–H groups in total. The first-order chi connectivity index (χ1) is 7.89. The molecule has 0 aromatic carbocycles. The van der Waals surface area contributed by atoms with Crippen LogP contribution in [0.4, 0.5) is 13.2 Å². The summed E-state index contributed by atoms with van der Waals surface area (Å²) in [6, 6.07) is 2.25. The highest BCUT2D eigenvalue weighted by Gasteiger charge is 2.40. The van der Waals surface area contributed by atoms with Gasteiger partial charge in [-0.25, -0.2) is 18.2 Å². The van der Waals surface area contributed by atoms with E-state index in [4.69, 9.17) is 0 Å². The zero-order chi connectivity index (χ0) is 12.6. The molecule has 0 saturated carbocycles. The van der Waals surface area contributed by atoms with Gasteiger partial charge < -0.3 is 4.90 Å². The Morgan fingerprint density at radius 3 is 2.71 bits per heavy atom. The number of carbonyl (C=O) groups excluding carboxylic acids is 1. The van der Waals surface area contributed by atoms with E-state index >= 15 is 0 Å². The Hall–Kier alpha value is -1.11. The predicted molar refractivity (Wildman–Crippen MR) is 57.4 cm³/mol. The van der Waals surface area contributed by atoms with Crippen LogP contribution in [0.2, 0.25) is 0 Å². The number of carbonyl (C=O) groups is 1. The third-order valence-electron chi connectivity index (χ3n) is 2.48. The quantitative estimate of drug-likeness (QED) is 0.747. The average molecular weight is 309 g/mol. The van der Waals surface area contributed by atoms with Gasteiger partial charge in [0, 0.05) is 13.0 Å². The largest absolute Gasteiger partial charge is 0.331 e. The third-order valence-corrected chi connectivity index (χ3v) is 3.04. The number of rotatable bonds is 1. The maximum absolute atomic E-state index is 12.9. The summed E-state index contributed by atoms with van der Waals surface area (Å²) in [5.74, 6) is -4.05. The smallest absolute Gasteiger partial charge is 0.272 e. The Morgan fingerprint density at radius 2 is 2.18 bits per heavy atom. The molecule has 17 heavy (non-hydrogen) atoms. The second-order valence-corrected chi connectivity index (χ2v) is 4.55. The second-order valence-electron chi connectivity index (χ2n) is 3.80. The molecule has 3 nitrogen and oxygen atoms in total. The summed E-state index contributed by atoms with van der Waals surface area (Å²) in [6.45, 7) is -0.620. The first-order valence-electron chi connectivity index (χ1n) is 4.88. The van der Waals surface area contributed by atoms with Gasteiger partial charge in [0.1, 0.15) is 10.3 Å². The van der Waals surface area contributed by atoms with Crippen LogP contribution in [0.15, 0.2) is 16.7 Å². The number of likely N-dealkylation sites (tertiary alicyclic amines) is 1. The van der Waals surface area contributed by atoms with Gasteiger partial charge in [0.05, 0.1) is 6.54 Å². The number of aromatic nitrogens is 1. The molecule has 0 aliphatic carbocycles. The molecule has 2 rings (SSSR count). The van der Waals surface area contributed by atoms with Gasteiger partial charge in [0.25, 0.3) is 11.8 Å². The SMILES string of the molecule is O=C(c1ccc(F)c(Br)n1)N1CCC(F)(F)C1. The number of hydrogen-bond acceptors (Lipinski definition) is 2. The molecule has 0 atom stereocenters. The molecule has 1 saturated heterocycles. The zero-order valence-corrected chi connectivity index (χ0v) is 10.2. The maximum Gasteiger partial charge on any atom is 0.272 e. The van der Waals surface area contributed by atoms with E-state index in [1.165, 1.54) is 6.07 Å². The fourth-order valence-electron chi connectivity index (χ4n) is 1.61. The molecule has 0 spiro atoms. The molecule has 0 unspecified atom stereocenters. The van der Waals surface area contributed by atoms with E-state index in [1.54, 1.807) is 0 Å². The van der Waals surface area contributed by atoms with E-state index in [9.17, 15) is 18.0 Å². The third kappa shape index (κ3) is 2.59. The lowest BCUT2D eigenvalue weighted by Gasteiger charge is -2.15. The molecular weight excluding hydrogens is 301 g/mol. The van der Waals surface area contributed by atoms with Crippen LogP contribution in [0.3, 0.4) is 0 Å². The minimum atomic E-state index is -2.84. The topological polar surface area (TPSA) is 33.2 Å². The van der Waals surface area contributed by atoms with Gasteiger partial charge in [-0.1, -0.05) is 0 Å². The van der Waals surface area contributed by atoms with E-state index in [0.29, 0.717) is 0 Å². The summed E-state index contributed by atoms with van der Waals surface area (Å²) in [6.07, 6.45) is -0.346. The molecule has 1 amide bonds. The average Bonchev–Trinajstić information content (AvgIpc) is 2.62.